The third kappa shape index (κ3) is 5.20. The summed E-state index contributed by atoms with van der Waals surface area (Å²) in [5.74, 6) is -2.64. The molecule has 0 bridgehead atoms. The highest BCUT2D eigenvalue weighted by Crippen LogP contribution is 2.40. The Balaban J connectivity index is 1.33. The smallest absolute Gasteiger partial charge is 0.307 e. The lowest BCUT2D eigenvalue weighted by molar-refractivity contribution is -0.143. The van der Waals surface area contributed by atoms with Gasteiger partial charge in [0.1, 0.15) is 18.2 Å². The molecule has 1 saturated carbocycles. The van der Waals surface area contributed by atoms with Gasteiger partial charge >= 0.3 is 5.97 Å². The molecule has 39 heavy (non-hydrogen) atoms. The van der Waals surface area contributed by atoms with Gasteiger partial charge in [-0.05, 0) is 48.7 Å². The number of hydrogen-bond donors (Lipinski definition) is 1. The van der Waals surface area contributed by atoms with Gasteiger partial charge < -0.3 is 19.3 Å². The standard InChI is InChI=1S/C29H31F2N5O3/c1-34-13-12-20(33-34)16-39-22-10-11-25-26(14-22)36(27(32-25)23-4-2-3-5-24(23)28(37)38)15-19-6-8-21(9-7-19)35-17-29(30,31)18-35/h6-14,23-24H,2-5,15-18H2,1H3,(H,37,38)/t23-,24+/m1/s1. The highest BCUT2D eigenvalue weighted by atomic mass is 19.3. The van der Waals surface area contributed by atoms with E-state index in [0.717, 1.165) is 53.1 Å². The largest absolute Gasteiger partial charge is 0.487 e. The van der Waals surface area contributed by atoms with Gasteiger partial charge in [-0.15, -0.1) is 0 Å². The first-order chi connectivity index (χ1) is 18.8. The summed E-state index contributed by atoms with van der Waals surface area (Å²) in [6.45, 7) is 0.285. The van der Waals surface area contributed by atoms with Crippen LogP contribution in [0.5, 0.6) is 5.75 Å². The Kier molecular flexibility index (Phi) is 6.48. The molecule has 1 N–H and O–H groups in total. The average Bonchev–Trinajstić information content (AvgIpc) is 3.49. The summed E-state index contributed by atoms with van der Waals surface area (Å²) in [4.78, 5) is 18.8. The third-order valence-electron chi connectivity index (χ3n) is 7.81. The number of benzene rings is 2. The molecule has 2 atom stereocenters. The second-order valence-corrected chi connectivity index (χ2v) is 10.7. The van der Waals surface area contributed by atoms with Crippen molar-refractivity contribution in [1.29, 1.82) is 0 Å². The van der Waals surface area contributed by atoms with Gasteiger partial charge in [0, 0.05) is 37.5 Å². The molecule has 2 fully saturated rings. The Bertz CT molecular complexity index is 1490. The minimum Gasteiger partial charge on any atom is -0.487 e. The van der Waals surface area contributed by atoms with Gasteiger partial charge in [0.25, 0.3) is 5.92 Å². The average molecular weight is 536 g/mol. The van der Waals surface area contributed by atoms with Crippen LogP contribution in [0.4, 0.5) is 14.5 Å². The predicted octanol–water partition coefficient (Wildman–Crippen LogP) is 5.21. The van der Waals surface area contributed by atoms with Gasteiger partial charge in [0.2, 0.25) is 0 Å². The number of hydrogen-bond acceptors (Lipinski definition) is 5. The van der Waals surface area contributed by atoms with Crippen LogP contribution >= 0.6 is 0 Å². The molecule has 3 heterocycles. The lowest BCUT2D eigenvalue weighted by atomic mass is 9.78. The lowest BCUT2D eigenvalue weighted by Gasteiger charge is -2.40. The van der Waals surface area contributed by atoms with Crippen molar-refractivity contribution >= 4 is 22.7 Å². The van der Waals surface area contributed by atoms with Crippen molar-refractivity contribution in [2.24, 2.45) is 13.0 Å². The Labute approximate surface area is 224 Å². The predicted molar refractivity (Wildman–Crippen MR) is 142 cm³/mol. The number of carbonyl (C=O) groups is 1. The number of rotatable bonds is 8. The number of anilines is 1. The molecular formula is C29H31F2N5O3. The fraction of sp³-hybridized carbons (Fsp3) is 0.414. The highest BCUT2D eigenvalue weighted by Gasteiger charge is 2.43. The Hall–Kier alpha value is -3.95. The summed E-state index contributed by atoms with van der Waals surface area (Å²) in [6, 6.07) is 15.3. The molecule has 0 radical (unpaired) electrons. The van der Waals surface area contributed by atoms with E-state index in [9.17, 15) is 18.7 Å². The number of aromatic nitrogens is 4. The molecular weight excluding hydrogens is 504 g/mol. The van der Waals surface area contributed by atoms with Crippen LogP contribution in [0.15, 0.2) is 54.7 Å². The van der Waals surface area contributed by atoms with Crippen LogP contribution in [0.1, 0.15) is 48.7 Å². The summed E-state index contributed by atoms with van der Waals surface area (Å²) < 4.78 is 36.5. The second-order valence-electron chi connectivity index (χ2n) is 10.7. The van der Waals surface area contributed by atoms with Crippen LogP contribution in [0.2, 0.25) is 0 Å². The maximum Gasteiger partial charge on any atom is 0.307 e. The number of aliphatic carboxylic acids is 1. The first-order valence-corrected chi connectivity index (χ1v) is 13.3. The van der Waals surface area contributed by atoms with E-state index in [1.165, 1.54) is 0 Å². The second kappa shape index (κ2) is 9.98. The molecule has 4 aromatic rings. The molecule has 1 aliphatic heterocycles. The number of imidazole rings is 1. The first kappa shape index (κ1) is 25.3. The zero-order chi connectivity index (χ0) is 27.1. The number of carboxylic acid groups (broad SMARTS) is 1. The van der Waals surface area contributed by atoms with E-state index in [1.807, 2.05) is 61.8 Å². The van der Waals surface area contributed by atoms with Crippen LogP contribution in [0.25, 0.3) is 11.0 Å². The van der Waals surface area contributed by atoms with Gasteiger partial charge in [-0.3, -0.25) is 9.48 Å². The fourth-order valence-corrected chi connectivity index (χ4v) is 5.78. The van der Waals surface area contributed by atoms with Crippen molar-refractivity contribution in [2.45, 2.75) is 50.7 Å². The molecule has 204 valence electrons. The molecule has 0 unspecified atom stereocenters. The number of aryl methyl sites for hydroxylation is 1. The van der Waals surface area contributed by atoms with Crippen LogP contribution in [-0.2, 0) is 25.0 Å². The molecule has 0 amide bonds. The Morgan fingerprint density at radius 1 is 1.10 bits per heavy atom. The van der Waals surface area contributed by atoms with Crippen molar-refractivity contribution in [3.8, 4) is 5.75 Å². The van der Waals surface area contributed by atoms with Gasteiger partial charge in [0.05, 0.1) is 35.7 Å². The van der Waals surface area contributed by atoms with Gasteiger partial charge in [-0.2, -0.15) is 5.10 Å². The lowest BCUT2D eigenvalue weighted by Crippen LogP contribution is -2.56. The maximum atomic E-state index is 13.3. The number of ether oxygens (including phenoxy) is 1. The SMILES string of the molecule is Cn1ccc(COc2ccc3nc([C@@H]4CCCC[C@@H]4C(=O)O)n(Cc4ccc(N5CC(F)(F)C5)cc4)c3c2)n1. The van der Waals surface area contributed by atoms with E-state index < -0.39 is 17.8 Å². The normalized spacial score (nSPS) is 20.6. The number of fused-ring (bicyclic) bond motifs is 1. The first-order valence-electron chi connectivity index (χ1n) is 13.3. The van der Waals surface area contributed by atoms with Gasteiger partial charge in [-0.25, -0.2) is 13.8 Å². The minimum absolute atomic E-state index is 0.191. The number of alkyl halides is 2. The number of carboxylic acids is 1. The van der Waals surface area contributed by atoms with Crippen molar-refractivity contribution in [3.05, 3.63) is 71.8 Å². The molecule has 2 aromatic carbocycles. The topological polar surface area (TPSA) is 85.4 Å². The van der Waals surface area contributed by atoms with Crippen molar-refractivity contribution in [2.75, 3.05) is 18.0 Å². The maximum absolute atomic E-state index is 13.3. The van der Waals surface area contributed by atoms with E-state index in [-0.39, 0.29) is 19.0 Å². The van der Waals surface area contributed by atoms with Crippen LogP contribution in [0, 0.1) is 5.92 Å². The minimum atomic E-state index is -2.62. The molecule has 10 heteroatoms. The van der Waals surface area contributed by atoms with E-state index in [2.05, 4.69) is 9.67 Å². The monoisotopic (exact) mass is 535 g/mol. The highest BCUT2D eigenvalue weighted by molar-refractivity contribution is 5.79. The molecule has 2 aromatic heterocycles. The van der Waals surface area contributed by atoms with Crippen LogP contribution in [0.3, 0.4) is 0 Å². The van der Waals surface area contributed by atoms with Gasteiger partial charge in [0.15, 0.2) is 0 Å². The number of nitrogens with zero attached hydrogens (tertiary/aromatic N) is 5. The zero-order valence-electron chi connectivity index (χ0n) is 21.8. The number of halogens is 2. The summed E-state index contributed by atoms with van der Waals surface area (Å²) >= 11 is 0. The summed E-state index contributed by atoms with van der Waals surface area (Å²) in [6.07, 6.45) is 5.13. The molecule has 1 aliphatic carbocycles. The van der Waals surface area contributed by atoms with E-state index in [0.29, 0.717) is 25.3 Å². The Morgan fingerprint density at radius 3 is 2.56 bits per heavy atom. The van der Waals surface area contributed by atoms with Gasteiger partial charge in [-0.1, -0.05) is 25.0 Å². The van der Waals surface area contributed by atoms with Crippen molar-refractivity contribution < 1.29 is 23.4 Å². The van der Waals surface area contributed by atoms with Crippen LogP contribution in [-0.4, -0.2) is 49.4 Å². The Morgan fingerprint density at radius 2 is 1.87 bits per heavy atom. The summed E-state index contributed by atoms with van der Waals surface area (Å²) in [5, 5.41) is 14.3. The molecule has 8 nitrogen and oxygen atoms in total. The molecule has 0 spiro atoms. The van der Waals surface area contributed by atoms with E-state index in [4.69, 9.17) is 9.72 Å². The van der Waals surface area contributed by atoms with Crippen molar-refractivity contribution in [3.63, 3.8) is 0 Å². The summed E-state index contributed by atoms with van der Waals surface area (Å²) in [5.41, 5.74) is 4.21. The van der Waals surface area contributed by atoms with Crippen LogP contribution < -0.4 is 9.64 Å². The molecule has 2 aliphatic rings. The summed E-state index contributed by atoms with van der Waals surface area (Å²) in [7, 11) is 1.86. The fourth-order valence-electron chi connectivity index (χ4n) is 5.78. The van der Waals surface area contributed by atoms with E-state index in [1.54, 1.807) is 9.58 Å². The quantitative estimate of drug-likeness (QED) is 0.333. The third-order valence-corrected chi connectivity index (χ3v) is 7.81. The van der Waals surface area contributed by atoms with E-state index >= 15 is 0 Å². The zero-order valence-corrected chi connectivity index (χ0v) is 21.8. The molecule has 1 saturated heterocycles. The van der Waals surface area contributed by atoms with Crippen molar-refractivity contribution in [1.82, 2.24) is 19.3 Å². The molecule has 6 rings (SSSR count).